The van der Waals surface area contributed by atoms with E-state index in [-0.39, 0.29) is 5.91 Å². The third kappa shape index (κ3) is 2.31. The fourth-order valence-corrected chi connectivity index (χ4v) is 1.84. The van der Waals surface area contributed by atoms with Gasteiger partial charge in [0.15, 0.2) is 12.4 Å². The molecule has 0 spiro atoms. The van der Waals surface area contributed by atoms with E-state index in [2.05, 4.69) is 5.16 Å². The van der Waals surface area contributed by atoms with Crippen LogP contribution in [0.25, 0.3) is 0 Å². The summed E-state index contributed by atoms with van der Waals surface area (Å²) in [5, 5.41) is 3.59. The number of carbonyl (C=O) groups is 2. The Bertz CT molecular complexity index is 307. The van der Waals surface area contributed by atoms with Gasteiger partial charge in [-0.1, -0.05) is 5.16 Å². The number of methoxy groups -OCH3 is 1. The molecule has 0 saturated carbocycles. The fraction of sp³-hybridized carbons (Fsp3) is 0.727. The maximum absolute atomic E-state index is 12.3. The van der Waals surface area contributed by atoms with Gasteiger partial charge in [0.05, 0.1) is 0 Å². The molecular weight excluding hydrogens is 224 g/mol. The number of rotatable bonds is 6. The van der Waals surface area contributed by atoms with Crippen molar-refractivity contribution in [3.05, 3.63) is 0 Å². The maximum Gasteiger partial charge on any atom is 0.266 e. The molecule has 0 aromatic heterocycles. The zero-order chi connectivity index (χ0) is 12.9. The highest BCUT2D eigenvalue weighted by molar-refractivity contribution is 6.01. The number of oxime groups is 1. The average Bonchev–Trinajstić information content (AvgIpc) is 2.87. The van der Waals surface area contributed by atoms with Crippen molar-refractivity contribution >= 4 is 18.4 Å². The van der Waals surface area contributed by atoms with Gasteiger partial charge in [0, 0.05) is 32.8 Å². The highest BCUT2D eigenvalue weighted by atomic mass is 16.7. The Morgan fingerprint density at radius 2 is 2.29 bits per heavy atom. The first kappa shape index (κ1) is 13.6. The summed E-state index contributed by atoms with van der Waals surface area (Å²) < 4.78 is 5.15. The van der Waals surface area contributed by atoms with Crippen LogP contribution in [0, 0.1) is 0 Å². The number of amides is 1. The molecule has 0 N–H and O–H groups in total. The monoisotopic (exact) mass is 242 g/mol. The lowest BCUT2D eigenvalue weighted by molar-refractivity contribution is -0.174. The Balaban J connectivity index is 2.97. The van der Waals surface area contributed by atoms with Crippen LogP contribution in [0.15, 0.2) is 5.16 Å². The summed E-state index contributed by atoms with van der Waals surface area (Å²) in [5.41, 5.74) is -1.59. The predicted octanol–water partition coefficient (Wildman–Crippen LogP) is 0.214. The zero-order valence-corrected chi connectivity index (χ0v) is 10.4. The highest BCUT2D eigenvalue weighted by Crippen LogP contribution is 2.24. The summed E-state index contributed by atoms with van der Waals surface area (Å²) >= 11 is 0. The number of nitrogens with zero attached hydrogens (tertiary/aromatic N) is 2. The molecule has 0 aliphatic carbocycles. The predicted molar refractivity (Wildman–Crippen MR) is 61.7 cm³/mol. The molecule has 17 heavy (non-hydrogen) atoms. The molecule has 1 amide bonds. The summed E-state index contributed by atoms with van der Waals surface area (Å²) in [5.74, 6) is -0.379. The van der Waals surface area contributed by atoms with Crippen LogP contribution in [0.3, 0.4) is 0 Å². The minimum atomic E-state index is -1.59. The molecule has 1 aliphatic heterocycles. The van der Waals surface area contributed by atoms with E-state index in [4.69, 9.17) is 9.57 Å². The Labute approximate surface area is 101 Å². The van der Waals surface area contributed by atoms with Crippen LogP contribution in [-0.4, -0.2) is 55.2 Å². The smallest absolute Gasteiger partial charge is 0.266 e. The molecule has 2 unspecified atom stereocenters. The number of ether oxygens (including phenoxy) is 1. The van der Waals surface area contributed by atoms with E-state index in [1.54, 1.807) is 4.90 Å². The zero-order valence-electron chi connectivity index (χ0n) is 10.4. The largest absolute Gasteiger partial charge is 0.388 e. The van der Waals surface area contributed by atoms with Crippen LogP contribution in [-0.2, 0) is 19.2 Å². The third-order valence-corrected chi connectivity index (χ3v) is 2.96. The van der Waals surface area contributed by atoms with E-state index in [0.29, 0.717) is 25.8 Å². The third-order valence-electron chi connectivity index (χ3n) is 2.96. The first-order valence-corrected chi connectivity index (χ1v) is 5.64. The summed E-state index contributed by atoms with van der Waals surface area (Å²) in [4.78, 5) is 30.2. The second-order valence-electron chi connectivity index (χ2n) is 3.71. The minimum Gasteiger partial charge on any atom is -0.388 e. The van der Waals surface area contributed by atoms with E-state index in [0.717, 1.165) is 0 Å². The van der Waals surface area contributed by atoms with Gasteiger partial charge in [-0.3, -0.25) is 9.59 Å². The van der Waals surface area contributed by atoms with Crippen LogP contribution < -0.4 is 0 Å². The van der Waals surface area contributed by atoms with Crippen LogP contribution in [0.2, 0.25) is 0 Å². The number of aldehydes is 1. The number of carbonyl (C=O) groups excluding carboxylic acids is 2. The molecule has 1 heterocycles. The molecule has 0 aromatic rings. The Morgan fingerprint density at radius 3 is 2.65 bits per heavy atom. The van der Waals surface area contributed by atoms with Crippen molar-refractivity contribution in [2.24, 2.45) is 5.16 Å². The van der Waals surface area contributed by atoms with Gasteiger partial charge in [-0.05, 0) is 13.8 Å². The standard InChI is InChI=1S/C11H18N2O4/c1-4-13(5-2)10(15)11(8-14,16-3)9-6-7-12-17-9/h7-9H,4-6H2,1-3H3. The molecule has 0 aromatic carbocycles. The lowest BCUT2D eigenvalue weighted by Gasteiger charge is -2.33. The second kappa shape index (κ2) is 5.77. The lowest BCUT2D eigenvalue weighted by atomic mass is 9.94. The second-order valence-corrected chi connectivity index (χ2v) is 3.71. The molecule has 1 aliphatic rings. The maximum atomic E-state index is 12.3. The molecule has 0 radical (unpaired) electrons. The van der Waals surface area contributed by atoms with Gasteiger partial charge >= 0.3 is 0 Å². The summed E-state index contributed by atoms with van der Waals surface area (Å²) in [6.45, 7) is 4.72. The van der Waals surface area contributed by atoms with Crippen LogP contribution in [0.5, 0.6) is 0 Å². The van der Waals surface area contributed by atoms with Gasteiger partial charge in [0.25, 0.3) is 5.91 Å². The summed E-state index contributed by atoms with van der Waals surface area (Å²) in [6, 6.07) is 0. The lowest BCUT2D eigenvalue weighted by Crippen LogP contribution is -2.58. The van der Waals surface area contributed by atoms with Crippen molar-refractivity contribution in [1.82, 2.24) is 4.90 Å². The Hall–Kier alpha value is -1.43. The van der Waals surface area contributed by atoms with Crippen molar-refractivity contribution < 1.29 is 19.2 Å². The summed E-state index contributed by atoms with van der Waals surface area (Å²) in [6.07, 6.45) is 1.74. The van der Waals surface area contributed by atoms with Crippen LogP contribution in [0.4, 0.5) is 0 Å². The molecule has 1 rings (SSSR count). The SMILES string of the molecule is CCN(CC)C(=O)C(C=O)(OC)C1CC=NO1. The van der Waals surface area contributed by atoms with Gasteiger partial charge in [0.1, 0.15) is 0 Å². The van der Waals surface area contributed by atoms with Gasteiger partial charge in [-0.25, -0.2) is 0 Å². The fourth-order valence-electron chi connectivity index (χ4n) is 1.84. The highest BCUT2D eigenvalue weighted by Gasteiger charge is 2.51. The Kier molecular flexibility index (Phi) is 4.62. The van der Waals surface area contributed by atoms with E-state index in [1.807, 2.05) is 13.8 Å². The first-order chi connectivity index (χ1) is 8.16. The van der Waals surface area contributed by atoms with Crippen molar-refractivity contribution in [2.45, 2.75) is 32.0 Å². The quantitative estimate of drug-likeness (QED) is 0.493. The van der Waals surface area contributed by atoms with Crippen LogP contribution in [0.1, 0.15) is 20.3 Å². The van der Waals surface area contributed by atoms with Crippen LogP contribution >= 0.6 is 0 Å². The molecule has 96 valence electrons. The topological polar surface area (TPSA) is 68.2 Å². The van der Waals surface area contributed by atoms with Gasteiger partial charge in [0.2, 0.25) is 5.60 Å². The van der Waals surface area contributed by atoms with Crippen molar-refractivity contribution in [2.75, 3.05) is 20.2 Å². The van der Waals surface area contributed by atoms with E-state index >= 15 is 0 Å². The molecule has 6 nitrogen and oxygen atoms in total. The van der Waals surface area contributed by atoms with E-state index < -0.39 is 11.7 Å². The molecule has 0 fully saturated rings. The van der Waals surface area contributed by atoms with Gasteiger partial charge in [-0.2, -0.15) is 0 Å². The molecule has 6 heteroatoms. The number of likely N-dealkylation sites (N-methyl/N-ethyl adjacent to an activating group) is 1. The van der Waals surface area contributed by atoms with E-state index in [1.165, 1.54) is 13.3 Å². The van der Waals surface area contributed by atoms with Crippen molar-refractivity contribution in [3.8, 4) is 0 Å². The van der Waals surface area contributed by atoms with E-state index in [9.17, 15) is 9.59 Å². The van der Waals surface area contributed by atoms with Gasteiger partial charge in [-0.15, -0.1) is 0 Å². The van der Waals surface area contributed by atoms with Gasteiger partial charge < -0.3 is 14.5 Å². The summed E-state index contributed by atoms with van der Waals surface area (Å²) in [7, 11) is 1.33. The minimum absolute atomic E-state index is 0.379. The van der Waals surface area contributed by atoms with Crippen molar-refractivity contribution in [3.63, 3.8) is 0 Å². The number of hydrogen-bond donors (Lipinski definition) is 0. The van der Waals surface area contributed by atoms with Crippen molar-refractivity contribution in [1.29, 1.82) is 0 Å². The normalized spacial score (nSPS) is 21.7. The molecular formula is C11H18N2O4. The first-order valence-electron chi connectivity index (χ1n) is 5.64. The molecule has 0 saturated heterocycles. The Morgan fingerprint density at radius 1 is 1.65 bits per heavy atom. The number of hydrogen-bond acceptors (Lipinski definition) is 5. The molecule has 0 bridgehead atoms. The average molecular weight is 242 g/mol. The molecule has 2 atom stereocenters.